The molecule has 0 N–H and O–H groups in total. The van der Waals surface area contributed by atoms with Crippen molar-refractivity contribution >= 4 is 38.6 Å². The zero-order valence-corrected chi connectivity index (χ0v) is 29.0. The minimum atomic E-state index is -0.406. The molecule has 3 aliphatic carbocycles. The first-order valence-corrected chi connectivity index (χ1v) is 17.9. The van der Waals surface area contributed by atoms with Crippen molar-refractivity contribution in [2.45, 2.75) is 37.8 Å². The second-order valence-corrected chi connectivity index (χ2v) is 14.4. The van der Waals surface area contributed by atoms with Crippen LogP contribution in [0.5, 0.6) is 0 Å². The Morgan fingerprint density at radius 1 is 0.808 bits per heavy atom. The highest BCUT2D eigenvalue weighted by molar-refractivity contribution is 6.08. The summed E-state index contributed by atoms with van der Waals surface area (Å²) in [5.74, 6) is -0.171. The third-order valence-electron chi connectivity index (χ3n) is 11.5. The van der Waals surface area contributed by atoms with Crippen LogP contribution < -0.4 is 4.90 Å². The van der Waals surface area contributed by atoms with Crippen LogP contribution in [0.2, 0.25) is 0 Å². The van der Waals surface area contributed by atoms with Gasteiger partial charge in [0.25, 0.3) is 0 Å². The van der Waals surface area contributed by atoms with Crippen molar-refractivity contribution in [2.24, 2.45) is 11.8 Å². The highest BCUT2D eigenvalue weighted by Gasteiger charge is 2.51. The van der Waals surface area contributed by atoms with Crippen molar-refractivity contribution in [2.75, 3.05) is 4.90 Å². The lowest BCUT2D eigenvalue weighted by molar-refractivity contribution is 0.510. The predicted octanol–water partition coefficient (Wildman–Crippen LogP) is 10.5. The molecule has 2 heterocycles. The van der Waals surface area contributed by atoms with Crippen LogP contribution in [-0.4, -0.2) is 10.6 Å². The van der Waals surface area contributed by atoms with Crippen LogP contribution in [0.4, 0.5) is 5.69 Å². The van der Waals surface area contributed by atoms with E-state index in [-0.39, 0.29) is 23.4 Å². The van der Waals surface area contributed by atoms with Gasteiger partial charge in [-0.3, -0.25) is 0 Å². The molecule has 248 valence electrons. The molecule has 52 heavy (non-hydrogen) atoms. The predicted molar refractivity (Wildman–Crippen MR) is 209 cm³/mol. The first-order chi connectivity index (χ1) is 25.4. The van der Waals surface area contributed by atoms with E-state index in [0.29, 0.717) is 5.56 Å². The monoisotopic (exact) mass is 669 g/mol. The van der Waals surface area contributed by atoms with E-state index in [0.717, 1.165) is 61.8 Å². The fourth-order valence-corrected chi connectivity index (χ4v) is 9.09. The molecule has 5 aromatic rings. The van der Waals surface area contributed by atoms with Crippen molar-refractivity contribution in [3.8, 4) is 18.2 Å². The first kappa shape index (κ1) is 31.4. The van der Waals surface area contributed by atoms with Crippen LogP contribution in [0.15, 0.2) is 151 Å². The number of benzene rings is 4. The fourth-order valence-electron chi connectivity index (χ4n) is 9.09. The Labute approximate surface area is 303 Å². The number of anilines is 1. The van der Waals surface area contributed by atoms with E-state index in [1.807, 2.05) is 42.5 Å². The van der Waals surface area contributed by atoms with E-state index in [4.69, 9.17) is 0 Å². The molecule has 0 bridgehead atoms. The van der Waals surface area contributed by atoms with Gasteiger partial charge in [-0.15, -0.1) is 0 Å². The Kier molecular flexibility index (Phi) is 7.25. The molecule has 1 aliphatic heterocycles. The van der Waals surface area contributed by atoms with Crippen molar-refractivity contribution < 1.29 is 0 Å². The molecule has 0 saturated heterocycles. The quantitative estimate of drug-likeness (QED) is 0.191. The largest absolute Gasteiger partial charge is 0.334 e. The number of allylic oxidation sites excluding steroid dienone is 10. The molecule has 5 unspecified atom stereocenters. The Hall–Kier alpha value is -6.61. The topological polar surface area (TPSA) is 79.5 Å². The number of fused-ring (bicyclic) bond motifs is 6. The van der Waals surface area contributed by atoms with Gasteiger partial charge in [-0.05, 0) is 78.1 Å². The Morgan fingerprint density at radius 3 is 2.46 bits per heavy atom. The molecular formula is C47H35N5. The van der Waals surface area contributed by atoms with Gasteiger partial charge in [0.15, 0.2) is 0 Å². The van der Waals surface area contributed by atoms with Gasteiger partial charge in [0.1, 0.15) is 0 Å². The van der Waals surface area contributed by atoms with E-state index in [1.54, 1.807) is 0 Å². The molecule has 9 rings (SSSR count). The van der Waals surface area contributed by atoms with Gasteiger partial charge in [-0.1, -0.05) is 104 Å². The molecule has 0 radical (unpaired) electrons. The van der Waals surface area contributed by atoms with Gasteiger partial charge in [-0.25, -0.2) is 0 Å². The van der Waals surface area contributed by atoms with Crippen LogP contribution >= 0.6 is 0 Å². The molecule has 5 heteroatoms. The molecule has 1 aromatic heterocycles. The molecule has 4 aromatic carbocycles. The molecule has 0 saturated carbocycles. The third kappa shape index (κ3) is 4.59. The van der Waals surface area contributed by atoms with Gasteiger partial charge in [0.05, 0.1) is 47.3 Å². The molecule has 5 atom stereocenters. The number of para-hydroxylation sites is 2. The highest BCUT2D eigenvalue weighted by atomic mass is 15.2. The first-order valence-electron chi connectivity index (χ1n) is 17.9. The maximum atomic E-state index is 10.6. The Balaban J connectivity index is 1.13. The summed E-state index contributed by atoms with van der Waals surface area (Å²) < 4.78 is 2.25. The molecule has 5 nitrogen and oxygen atoms in total. The maximum absolute atomic E-state index is 10.6. The molecule has 0 amide bonds. The van der Waals surface area contributed by atoms with Crippen molar-refractivity contribution in [1.82, 2.24) is 4.57 Å². The lowest BCUT2D eigenvalue weighted by Gasteiger charge is -2.41. The van der Waals surface area contributed by atoms with Crippen molar-refractivity contribution in [3.05, 3.63) is 173 Å². The number of nitrogens with zero attached hydrogens (tertiary/aromatic N) is 5. The lowest BCUT2D eigenvalue weighted by Crippen LogP contribution is -2.45. The second-order valence-electron chi connectivity index (χ2n) is 14.4. The molecule has 0 fully saturated rings. The van der Waals surface area contributed by atoms with Crippen molar-refractivity contribution in [3.63, 3.8) is 0 Å². The van der Waals surface area contributed by atoms with E-state index in [1.165, 1.54) is 11.3 Å². The van der Waals surface area contributed by atoms with E-state index >= 15 is 0 Å². The summed E-state index contributed by atoms with van der Waals surface area (Å²) in [6.07, 6.45) is 18.1. The normalized spacial score (nSPS) is 24.6. The lowest BCUT2D eigenvalue weighted by atomic mass is 9.73. The molecular weight excluding hydrogens is 635 g/mol. The third-order valence-corrected chi connectivity index (χ3v) is 11.5. The fraction of sp³-hybridized carbons (Fsp3) is 0.170. The summed E-state index contributed by atoms with van der Waals surface area (Å²) in [6, 6.07) is 38.4. The summed E-state index contributed by atoms with van der Waals surface area (Å²) in [6.45, 7) is 4.54. The smallest absolute Gasteiger partial charge is 0.0991 e. The van der Waals surface area contributed by atoms with Gasteiger partial charge < -0.3 is 9.47 Å². The summed E-state index contributed by atoms with van der Waals surface area (Å²) in [7, 11) is 0. The number of hydrogen-bond acceptors (Lipinski definition) is 4. The molecule has 0 spiro atoms. The zero-order chi connectivity index (χ0) is 35.6. The molecule has 4 aliphatic rings. The summed E-state index contributed by atoms with van der Waals surface area (Å²) in [5, 5.41) is 32.6. The van der Waals surface area contributed by atoms with E-state index in [2.05, 4.69) is 139 Å². The zero-order valence-electron chi connectivity index (χ0n) is 29.0. The SMILES string of the molecule is CC1CC=CC(c2cccc(C3=CC(C#N)C(n4c5ccccc5c5cc(C#N)ccc54)C=C3)c2)=C1N1c2ccccc2C2(C)C=CC=C(C#N)C12. The average Bonchev–Trinajstić information content (AvgIpc) is 3.66. The van der Waals surface area contributed by atoms with Gasteiger partial charge in [-0.2, -0.15) is 15.8 Å². The van der Waals surface area contributed by atoms with E-state index in [9.17, 15) is 15.8 Å². The van der Waals surface area contributed by atoms with Gasteiger partial charge in [0, 0.05) is 50.1 Å². The Bertz CT molecular complexity index is 2660. The van der Waals surface area contributed by atoms with Crippen LogP contribution in [0, 0.1) is 45.8 Å². The minimum Gasteiger partial charge on any atom is -0.334 e. The average molecular weight is 670 g/mol. The van der Waals surface area contributed by atoms with Crippen LogP contribution in [-0.2, 0) is 5.41 Å². The van der Waals surface area contributed by atoms with Gasteiger partial charge >= 0.3 is 0 Å². The number of rotatable bonds is 4. The summed E-state index contributed by atoms with van der Waals surface area (Å²) in [4.78, 5) is 2.45. The minimum absolute atomic E-state index is 0.133. The Morgan fingerprint density at radius 2 is 1.62 bits per heavy atom. The van der Waals surface area contributed by atoms with E-state index < -0.39 is 5.92 Å². The standard InChI is InChI=1S/C47H35N5/c1-30-10-7-15-37(45(30)52-44-18-6-4-16-40(44)47(2)23-9-13-35(28-49)46(47)52)34-12-8-11-32(25-34)33-20-22-41(36(26-33)29-50)51-42-17-5-3-14-38(42)39-24-31(27-48)19-21-43(39)51/h3-9,11-26,30,36,41,46H,10H2,1-2H3. The highest BCUT2D eigenvalue weighted by Crippen LogP contribution is 2.54. The van der Waals surface area contributed by atoms with Crippen LogP contribution in [0.1, 0.15) is 48.6 Å². The summed E-state index contributed by atoms with van der Waals surface area (Å²) in [5.41, 5.74) is 11.1. The maximum Gasteiger partial charge on any atom is 0.0991 e. The number of hydrogen-bond donors (Lipinski definition) is 0. The number of aromatic nitrogens is 1. The second kappa shape index (κ2) is 12.0. The van der Waals surface area contributed by atoms with Crippen LogP contribution in [0.3, 0.4) is 0 Å². The van der Waals surface area contributed by atoms with Crippen LogP contribution in [0.25, 0.3) is 33.0 Å². The van der Waals surface area contributed by atoms with Gasteiger partial charge in [0.2, 0.25) is 0 Å². The summed E-state index contributed by atoms with van der Waals surface area (Å²) >= 11 is 0. The van der Waals surface area contributed by atoms with Crippen molar-refractivity contribution in [1.29, 1.82) is 15.8 Å². The number of nitriles is 3.